The van der Waals surface area contributed by atoms with Gasteiger partial charge >= 0.3 is 0 Å². The first-order chi connectivity index (χ1) is 8.83. The van der Waals surface area contributed by atoms with Gasteiger partial charge in [-0.25, -0.2) is 4.98 Å². The molecule has 1 aliphatic rings. The molecule has 3 rings (SSSR count). The molecule has 1 saturated heterocycles. The van der Waals surface area contributed by atoms with E-state index in [0.29, 0.717) is 11.0 Å². The van der Waals surface area contributed by atoms with Crippen molar-refractivity contribution < 1.29 is 0 Å². The molecule has 0 saturated carbocycles. The fourth-order valence-electron chi connectivity index (χ4n) is 2.59. The van der Waals surface area contributed by atoms with Crippen molar-refractivity contribution in [3.05, 3.63) is 41.3 Å². The lowest BCUT2D eigenvalue weighted by Crippen LogP contribution is -2.33. The molecule has 2 N–H and O–H groups in total. The lowest BCUT2D eigenvalue weighted by molar-refractivity contribution is 0.503. The van der Waals surface area contributed by atoms with Gasteiger partial charge < -0.3 is 10.6 Å². The smallest absolute Gasteiger partial charge is 0.182 e. The van der Waals surface area contributed by atoms with Crippen molar-refractivity contribution in [3.8, 4) is 0 Å². The van der Waals surface area contributed by atoms with Crippen molar-refractivity contribution in [2.45, 2.75) is 18.8 Å². The second kappa shape index (κ2) is 4.98. The topological polar surface area (TPSA) is 42.1 Å². The van der Waals surface area contributed by atoms with Gasteiger partial charge in [-0.2, -0.15) is 0 Å². The minimum Gasteiger partial charge on any atom is -0.375 e. The summed E-state index contributed by atoms with van der Waals surface area (Å²) in [5, 5.41) is 2.72. The fourth-order valence-corrected chi connectivity index (χ4v) is 3.17. The SMILES string of the molecule is Nc1nc(N2CCC(c3ccccc3)CC2)cs1. The van der Waals surface area contributed by atoms with Crippen LogP contribution < -0.4 is 10.6 Å². The molecule has 0 bridgehead atoms. The molecule has 4 heteroatoms. The summed E-state index contributed by atoms with van der Waals surface area (Å²) in [6.45, 7) is 2.14. The Morgan fingerprint density at radius 1 is 1.17 bits per heavy atom. The Kier molecular flexibility index (Phi) is 3.19. The highest BCUT2D eigenvalue weighted by molar-refractivity contribution is 7.13. The molecule has 1 aromatic carbocycles. The van der Waals surface area contributed by atoms with Crippen LogP contribution in [0.2, 0.25) is 0 Å². The van der Waals surface area contributed by atoms with E-state index in [1.807, 2.05) is 0 Å². The summed E-state index contributed by atoms with van der Waals surface area (Å²) in [7, 11) is 0. The summed E-state index contributed by atoms with van der Waals surface area (Å²) in [6.07, 6.45) is 2.39. The van der Waals surface area contributed by atoms with Gasteiger partial charge in [0.05, 0.1) is 0 Å². The number of hydrogen-bond donors (Lipinski definition) is 1. The molecule has 0 atom stereocenters. The zero-order chi connectivity index (χ0) is 12.4. The molecule has 0 radical (unpaired) electrons. The number of piperidine rings is 1. The van der Waals surface area contributed by atoms with Crippen LogP contribution in [0.4, 0.5) is 10.9 Å². The van der Waals surface area contributed by atoms with E-state index in [1.165, 1.54) is 29.7 Å². The van der Waals surface area contributed by atoms with Gasteiger partial charge in [-0.05, 0) is 24.3 Å². The second-order valence-corrected chi connectivity index (χ2v) is 5.61. The molecular formula is C14H17N3S. The average molecular weight is 259 g/mol. The summed E-state index contributed by atoms with van der Waals surface area (Å²) >= 11 is 1.52. The van der Waals surface area contributed by atoms with Crippen LogP contribution in [0.5, 0.6) is 0 Å². The molecule has 0 aliphatic carbocycles. The quantitative estimate of drug-likeness (QED) is 0.901. The van der Waals surface area contributed by atoms with E-state index in [1.54, 1.807) is 0 Å². The van der Waals surface area contributed by atoms with E-state index < -0.39 is 0 Å². The van der Waals surface area contributed by atoms with E-state index in [2.05, 4.69) is 45.6 Å². The molecule has 0 spiro atoms. The maximum absolute atomic E-state index is 5.68. The summed E-state index contributed by atoms with van der Waals surface area (Å²) in [5.41, 5.74) is 7.15. The number of nitrogen functional groups attached to an aromatic ring is 1. The van der Waals surface area contributed by atoms with Gasteiger partial charge in [-0.3, -0.25) is 0 Å². The summed E-state index contributed by atoms with van der Waals surface area (Å²) < 4.78 is 0. The van der Waals surface area contributed by atoms with Crippen LogP contribution in [0.3, 0.4) is 0 Å². The van der Waals surface area contributed by atoms with E-state index in [9.17, 15) is 0 Å². The van der Waals surface area contributed by atoms with Gasteiger partial charge in [0.1, 0.15) is 5.82 Å². The van der Waals surface area contributed by atoms with Gasteiger partial charge in [0.25, 0.3) is 0 Å². The number of thiazole rings is 1. The lowest BCUT2D eigenvalue weighted by atomic mass is 9.89. The molecular weight excluding hydrogens is 242 g/mol. The van der Waals surface area contributed by atoms with Crippen molar-refractivity contribution in [2.75, 3.05) is 23.7 Å². The number of rotatable bonds is 2. The van der Waals surface area contributed by atoms with Crippen LogP contribution >= 0.6 is 11.3 Å². The van der Waals surface area contributed by atoms with Crippen molar-refractivity contribution in [3.63, 3.8) is 0 Å². The Balaban J connectivity index is 1.65. The third-order valence-electron chi connectivity index (χ3n) is 3.60. The zero-order valence-corrected chi connectivity index (χ0v) is 11.1. The number of aromatic nitrogens is 1. The van der Waals surface area contributed by atoms with Gasteiger partial charge in [0.15, 0.2) is 5.13 Å². The predicted molar refractivity (Wildman–Crippen MR) is 77.2 cm³/mol. The standard InChI is InChI=1S/C14H17N3S/c15-14-16-13(10-18-14)17-8-6-12(7-9-17)11-4-2-1-3-5-11/h1-5,10,12H,6-9H2,(H2,15,16). The Bertz CT molecular complexity index is 501. The minimum absolute atomic E-state index is 0.662. The van der Waals surface area contributed by atoms with E-state index >= 15 is 0 Å². The molecule has 2 aromatic rings. The minimum atomic E-state index is 0.662. The molecule has 0 amide bonds. The van der Waals surface area contributed by atoms with Gasteiger partial charge in [-0.1, -0.05) is 30.3 Å². The number of nitrogens with two attached hydrogens (primary N) is 1. The summed E-state index contributed by atoms with van der Waals surface area (Å²) in [6, 6.07) is 10.8. The van der Waals surface area contributed by atoms with Crippen molar-refractivity contribution in [1.29, 1.82) is 0 Å². The Hall–Kier alpha value is -1.55. The normalized spacial score (nSPS) is 17.0. The molecule has 3 nitrogen and oxygen atoms in total. The lowest BCUT2D eigenvalue weighted by Gasteiger charge is -2.32. The fraction of sp³-hybridized carbons (Fsp3) is 0.357. The highest BCUT2D eigenvalue weighted by Gasteiger charge is 2.21. The predicted octanol–water partition coefficient (Wildman–Crippen LogP) is 3.11. The molecule has 18 heavy (non-hydrogen) atoms. The maximum atomic E-state index is 5.68. The third kappa shape index (κ3) is 2.34. The van der Waals surface area contributed by atoms with Crippen LogP contribution in [0.25, 0.3) is 0 Å². The van der Waals surface area contributed by atoms with Gasteiger partial charge in [-0.15, -0.1) is 11.3 Å². The Morgan fingerprint density at radius 2 is 1.89 bits per heavy atom. The first-order valence-corrected chi connectivity index (χ1v) is 7.22. The first-order valence-electron chi connectivity index (χ1n) is 6.34. The van der Waals surface area contributed by atoms with Crippen molar-refractivity contribution >= 4 is 22.3 Å². The third-order valence-corrected chi connectivity index (χ3v) is 4.26. The summed E-state index contributed by atoms with van der Waals surface area (Å²) in [4.78, 5) is 6.69. The van der Waals surface area contributed by atoms with Gasteiger partial charge in [0.2, 0.25) is 0 Å². The molecule has 94 valence electrons. The molecule has 0 unspecified atom stereocenters. The van der Waals surface area contributed by atoms with Crippen LogP contribution in [0.1, 0.15) is 24.3 Å². The Morgan fingerprint density at radius 3 is 2.50 bits per heavy atom. The molecule has 1 aromatic heterocycles. The molecule has 1 fully saturated rings. The molecule has 2 heterocycles. The van der Waals surface area contributed by atoms with Crippen LogP contribution in [-0.4, -0.2) is 18.1 Å². The monoisotopic (exact) mass is 259 g/mol. The largest absolute Gasteiger partial charge is 0.375 e. The maximum Gasteiger partial charge on any atom is 0.182 e. The number of hydrogen-bond acceptors (Lipinski definition) is 4. The second-order valence-electron chi connectivity index (χ2n) is 4.72. The van der Waals surface area contributed by atoms with Gasteiger partial charge in [0, 0.05) is 18.5 Å². The average Bonchev–Trinajstić information content (AvgIpc) is 2.87. The number of benzene rings is 1. The van der Waals surface area contributed by atoms with Crippen molar-refractivity contribution in [2.24, 2.45) is 0 Å². The van der Waals surface area contributed by atoms with E-state index in [4.69, 9.17) is 5.73 Å². The highest BCUT2D eigenvalue weighted by atomic mass is 32.1. The first kappa shape index (κ1) is 11.5. The number of nitrogens with zero attached hydrogens (tertiary/aromatic N) is 2. The zero-order valence-electron chi connectivity index (χ0n) is 10.2. The van der Waals surface area contributed by atoms with E-state index in [0.717, 1.165) is 18.9 Å². The highest BCUT2D eigenvalue weighted by Crippen LogP contribution is 2.30. The van der Waals surface area contributed by atoms with Crippen molar-refractivity contribution in [1.82, 2.24) is 4.98 Å². The Labute approximate surface area is 111 Å². The number of anilines is 2. The summed E-state index contributed by atoms with van der Waals surface area (Å²) in [5.74, 6) is 1.74. The van der Waals surface area contributed by atoms with E-state index in [-0.39, 0.29) is 0 Å². The molecule has 1 aliphatic heterocycles. The van der Waals surface area contributed by atoms with Crippen LogP contribution in [-0.2, 0) is 0 Å². The van der Waals surface area contributed by atoms with Crippen LogP contribution in [0.15, 0.2) is 35.7 Å². The van der Waals surface area contributed by atoms with Crippen LogP contribution in [0, 0.1) is 0 Å².